The van der Waals surface area contributed by atoms with E-state index in [-0.39, 0.29) is 0 Å². The molecule has 1 atom stereocenters. The molecular formula is C15H19N3O. The average molecular weight is 257 g/mol. The molecule has 1 fully saturated rings. The van der Waals surface area contributed by atoms with Gasteiger partial charge in [0.25, 0.3) is 0 Å². The van der Waals surface area contributed by atoms with Gasteiger partial charge in [0.1, 0.15) is 0 Å². The zero-order valence-electron chi connectivity index (χ0n) is 11.4. The van der Waals surface area contributed by atoms with Crippen LogP contribution in [0.2, 0.25) is 0 Å². The Balaban J connectivity index is 2.08. The van der Waals surface area contributed by atoms with E-state index in [0.29, 0.717) is 6.54 Å². The molecule has 1 N–H and O–H groups in total. The summed E-state index contributed by atoms with van der Waals surface area (Å²) in [7, 11) is 0. The summed E-state index contributed by atoms with van der Waals surface area (Å²) >= 11 is 0. The van der Waals surface area contributed by atoms with Crippen molar-refractivity contribution in [1.82, 2.24) is 10.2 Å². The Labute approximate surface area is 113 Å². The fraction of sp³-hybridized carbons (Fsp3) is 0.467. The molecule has 0 spiro atoms. The van der Waals surface area contributed by atoms with Gasteiger partial charge in [0.15, 0.2) is 5.82 Å². The van der Waals surface area contributed by atoms with Crippen molar-refractivity contribution < 1.29 is 5.11 Å². The minimum atomic E-state index is -0.633. The summed E-state index contributed by atoms with van der Waals surface area (Å²) in [6.07, 6.45) is 1.83. The van der Waals surface area contributed by atoms with Gasteiger partial charge in [0.05, 0.1) is 11.3 Å². The van der Waals surface area contributed by atoms with E-state index in [1.54, 1.807) is 0 Å². The zero-order valence-corrected chi connectivity index (χ0v) is 11.4. The van der Waals surface area contributed by atoms with Crippen LogP contribution in [-0.4, -0.2) is 34.0 Å². The van der Waals surface area contributed by atoms with Crippen LogP contribution in [0, 0.1) is 6.92 Å². The van der Waals surface area contributed by atoms with Crippen molar-refractivity contribution in [2.24, 2.45) is 0 Å². The molecule has 3 rings (SSSR count). The van der Waals surface area contributed by atoms with Crippen molar-refractivity contribution in [2.75, 3.05) is 18.0 Å². The van der Waals surface area contributed by atoms with Gasteiger partial charge in [0.2, 0.25) is 0 Å². The molecule has 1 aromatic heterocycles. The fourth-order valence-electron chi connectivity index (χ4n) is 2.86. The number of benzene rings is 1. The zero-order chi connectivity index (χ0) is 13.5. The summed E-state index contributed by atoms with van der Waals surface area (Å²) in [6, 6.07) is 8.20. The van der Waals surface area contributed by atoms with Crippen molar-refractivity contribution in [3.63, 3.8) is 0 Å². The summed E-state index contributed by atoms with van der Waals surface area (Å²) in [4.78, 5) is 2.15. The monoisotopic (exact) mass is 257 g/mol. The predicted molar refractivity (Wildman–Crippen MR) is 76.3 cm³/mol. The molecule has 0 amide bonds. The molecule has 0 radical (unpaired) electrons. The van der Waals surface area contributed by atoms with E-state index in [2.05, 4.69) is 27.2 Å². The van der Waals surface area contributed by atoms with Crippen LogP contribution in [0.5, 0.6) is 0 Å². The van der Waals surface area contributed by atoms with Gasteiger partial charge in [-0.3, -0.25) is 0 Å². The van der Waals surface area contributed by atoms with Crippen LogP contribution in [0.1, 0.15) is 25.5 Å². The number of β-amino-alcohol motifs (C(OH)–C–C–N with tert-alkyl or cyclic N) is 1. The van der Waals surface area contributed by atoms with E-state index in [1.165, 1.54) is 0 Å². The number of nitrogens with zero attached hydrogens (tertiary/aromatic N) is 3. The Kier molecular flexibility index (Phi) is 2.90. The molecule has 1 aliphatic heterocycles. The number of anilines is 1. The molecule has 1 unspecified atom stereocenters. The van der Waals surface area contributed by atoms with E-state index in [1.807, 2.05) is 26.0 Å². The molecule has 0 aliphatic carbocycles. The first kappa shape index (κ1) is 12.4. The second-order valence-electron chi connectivity index (χ2n) is 5.68. The number of rotatable bonds is 1. The van der Waals surface area contributed by atoms with E-state index in [4.69, 9.17) is 0 Å². The van der Waals surface area contributed by atoms with E-state index in [9.17, 15) is 5.11 Å². The molecule has 1 aliphatic rings. The Morgan fingerprint density at radius 2 is 1.95 bits per heavy atom. The first-order valence-corrected chi connectivity index (χ1v) is 6.76. The van der Waals surface area contributed by atoms with E-state index >= 15 is 0 Å². The summed E-state index contributed by atoms with van der Waals surface area (Å²) in [5.74, 6) is 0.890. The highest BCUT2D eigenvalue weighted by molar-refractivity contribution is 5.93. The lowest BCUT2D eigenvalue weighted by molar-refractivity contribution is 0.0447. The van der Waals surface area contributed by atoms with Gasteiger partial charge in [-0.1, -0.05) is 24.3 Å². The first-order chi connectivity index (χ1) is 9.07. The minimum absolute atomic E-state index is 0.620. The van der Waals surface area contributed by atoms with Gasteiger partial charge < -0.3 is 10.0 Å². The van der Waals surface area contributed by atoms with Gasteiger partial charge >= 0.3 is 0 Å². The molecule has 1 saturated heterocycles. The highest BCUT2D eigenvalue weighted by atomic mass is 16.3. The number of hydrogen-bond donors (Lipinski definition) is 1. The molecular weight excluding hydrogens is 238 g/mol. The van der Waals surface area contributed by atoms with Crippen molar-refractivity contribution >= 4 is 16.6 Å². The lowest BCUT2D eigenvalue weighted by Crippen LogP contribution is -2.46. The lowest BCUT2D eigenvalue weighted by Gasteiger charge is -2.37. The Hall–Kier alpha value is -1.68. The maximum atomic E-state index is 10.2. The largest absolute Gasteiger partial charge is 0.388 e. The molecule has 19 heavy (non-hydrogen) atoms. The third kappa shape index (κ3) is 2.28. The number of piperidine rings is 1. The minimum Gasteiger partial charge on any atom is -0.388 e. The second kappa shape index (κ2) is 4.46. The van der Waals surface area contributed by atoms with Crippen LogP contribution >= 0.6 is 0 Å². The summed E-state index contributed by atoms with van der Waals surface area (Å²) in [5.41, 5.74) is 0.314. The number of aromatic nitrogens is 2. The molecule has 1 aromatic carbocycles. The normalized spacial score (nSPS) is 23.8. The maximum Gasteiger partial charge on any atom is 0.159 e. The van der Waals surface area contributed by atoms with E-state index in [0.717, 1.165) is 41.7 Å². The van der Waals surface area contributed by atoms with E-state index < -0.39 is 5.60 Å². The fourth-order valence-corrected chi connectivity index (χ4v) is 2.86. The third-order valence-electron chi connectivity index (χ3n) is 3.83. The third-order valence-corrected chi connectivity index (χ3v) is 3.83. The van der Waals surface area contributed by atoms with Crippen LogP contribution in [0.4, 0.5) is 5.82 Å². The first-order valence-electron chi connectivity index (χ1n) is 6.76. The Bertz CT molecular complexity index is 609. The Morgan fingerprint density at radius 3 is 2.68 bits per heavy atom. The van der Waals surface area contributed by atoms with Crippen LogP contribution in [0.3, 0.4) is 0 Å². The van der Waals surface area contributed by atoms with Crippen molar-refractivity contribution in [2.45, 2.75) is 32.3 Å². The molecule has 100 valence electrons. The topological polar surface area (TPSA) is 49.2 Å². The number of aliphatic hydroxyl groups is 1. The number of aryl methyl sites for hydroxylation is 1. The molecule has 2 heterocycles. The van der Waals surface area contributed by atoms with Crippen molar-refractivity contribution in [3.05, 3.63) is 30.0 Å². The lowest BCUT2D eigenvalue weighted by atomic mass is 9.95. The number of fused-ring (bicyclic) bond motifs is 1. The van der Waals surface area contributed by atoms with Crippen LogP contribution in [0.15, 0.2) is 24.3 Å². The van der Waals surface area contributed by atoms with Crippen LogP contribution in [0.25, 0.3) is 10.8 Å². The number of hydrogen-bond acceptors (Lipinski definition) is 4. The summed E-state index contributed by atoms with van der Waals surface area (Å²) < 4.78 is 0. The highest BCUT2D eigenvalue weighted by Crippen LogP contribution is 2.30. The van der Waals surface area contributed by atoms with Crippen molar-refractivity contribution in [1.29, 1.82) is 0 Å². The predicted octanol–water partition coefficient (Wildman–Crippen LogP) is 2.29. The van der Waals surface area contributed by atoms with Gasteiger partial charge in [-0.05, 0) is 26.7 Å². The highest BCUT2D eigenvalue weighted by Gasteiger charge is 2.30. The summed E-state index contributed by atoms with van der Waals surface area (Å²) in [6.45, 7) is 5.42. The van der Waals surface area contributed by atoms with Gasteiger partial charge in [0, 0.05) is 23.9 Å². The molecule has 4 nitrogen and oxygen atoms in total. The quantitative estimate of drug-likeness (QED) is 0.851. The van der Waals surface area contributed by atoms with Gasteiger partial charge in [-0.25, -0.2) is 0 Å². The molecule has 2 aromatic rings. The smallest absolute Gasteiger partial charge is 0.159 e. The van der Waals surface area contributed by atoms with Gasteiger partial charge in [-0.2, -0.15) is 5.10 Å². The Morgan fingerprint density at radius 1 is 1.21 bits per heavy atom. The maximum absolute atomic E-state index is 10.2. The van der Waals surface area contributed by atoms with Crippen LogP contribution in [-0.2, 0) is 0 Å². The van der Waals surface area contributed by atoms with Crippen molar-refractivity contribution in [3.8, 4) is 0 Å². The standard InChI is InChI=1S/C15H19N3O/c1-11-12-6-3-4-7-13(12)14(17-16-11)18-9-5-8-15(2,19)10-18/h3-4,6-7,19H,5,8-10H2,1-2H3. The second-order valence-corrected chi connectivity index (χ2v) is 5.68. The molecule has 0 saturated carbocycles. The van der Waals surface area contributed by atoms with Crippen LogP contribution < -0.4 is 4.90 Å². The SMILES string of the molecule is Cc1nnc(N2CCCC(C)(O)C2)c2ccccc12. The molecule has 4 heteroatoms. The molecule has 0 bridgehead atoms. The van der Waals surface area contributed by atoms with Gasteiger partial charge in [-0.15, -0.1) is 5.10 Å². The summed E-state index contributed by atoms with van der Waals surface area (Å²) in [5, 5.41) is 21.1. The average Bonchev–Trinajstić information content (AvgIpc) is 2.38.